The summed E-state index contributed by atoms with van der Waals surface area (Å²) in [6, 6.07) is 38.8. The predicted octanol–water partition coefficient (Wildman–Crippen LogP) is 5.59. The van der Waals surface area contributed by atoms with E-state index in [1.54, 1.807) is 6.08 Å². The predicted molar refractivity (Wildman–Crippen MR) is 130 cm³/mol. The van der Waals surface area contributed by atoms with Crippen LogP contribution in [0.1, 0.15) is 5.56 Å². The van der Waals surface area contributed by atoms with Crippen LogP contribution in [0.5, 0.6) is 0 Å². The summed E-state index contributed by atoms with van der Waals surface area (Å²) >= 11 is 0. The zero-order chi connectivity index (χ0) is 21.5. The van der Waals surface area contributed by atoms with E-state index in [9.17, 15) is 4.79 Å². The Labute approximate surface area is 182 Å². The van der Waals surface area contributed by atoms with Gasteiger partial charge in [-0.1, -0.05) is 109 Å². The molecule has 0 bridgehead atoms. The topological polar surface area (TPSA) is 49.7 Å². The Balaban J connectivity index is 2.11. The molecule has 4 aromatic rings. The molecule has 31 heavy (non-hydrogen) atoms. The lowest BCUT2D eigenvalue weighted by Crippen LogP contribution is -2.25. The lowest BCUT2D eigenvalue weighted by atomic mass is 10.2. The number of nitrogens with zero attached hydrogens (tertiary/aromatic N) is 1. The van der Waals surface area contributed by atoms with E-state index in [-0.39, 0.29) is 0 Å². The molecular weight excluding hydrogens is 401 g/mol. The molecule has 152 valence electrons. The van der Waals surface area contributed by atoms with E-state index in [0.717, 1.165) is 33.2 Å². The summed E-state index contributed by atoms with van der Waals surface area (Å²) in [7, 11) is -2.41. The Morgan fingerprint density at radius 1 is 0.645 bits per heavy atom. The van der Waals surface area contributed by atoms with Crippen molar-refractivity contribution in [2.24, 2.45) is 4.74 Å². The zero-order valence-electron chi connectivity index (χ0n) is 16.9. The summed E-state index contributed by atoms with van der Waals surface area (Å²) < 4.78 is 5.45. The maximum Gasteiger partial charge on any atom is 0.328 e. The summed E-state index contributed by atoms with van der Waals surface area (Å²) in [5.41, 5.74) is 1.54. The third-order valence-corrected chi connectivity index (χ3v) is 8.64. The number of benzene rings is 4. The van der Waals surface area contributed by atoms with Crippen LogP contribution in [0.25, 0.3) is 6.08 Å². The maximum absolute atomic E-state index is 11.1. The minimum atomic E-state index is -2.41. The molecular formula is C27H22NO2P. The van der Waals surface area contributed by atoms with Crippen molar-refractivity contribution in [1.29, 1.82) is 0 Å². The third-order valence-electron chi connectivity index (χ3n) is 4.99. The van der Waals surface area contributed by atoms with Crippen LogP contribution in [0.2, 0.25) is 0 Å². The number of carbonyl (C=O) groups is 1. The fraction of sp³-hybridized carbons (Fsp3) is 0. The van der Waals surface area contributed by atoms with Crippen LogP contribution in [0, 0.1) is 0 Å². The second-order valence-electron chi connectivity index (χ2n) is 6.97. The van der Waals surface area contributed by atoms with Gasteiger partial charge in [0.15, 0.2) is 0 Å². The van der Waals surface area contributed by atoms with Crippen molar-refractivity contribution in [3.63, 3.8) is 0 Å². The Hall–Kier alpha value is -3.68. The molecule has 0 saturated heterocycles. The number of aliphatic carboxylic acids is 1. The molecule has 0 unspecified atom stereocenters. The molecule has 4 aromatic carbocycles. The molecule has 0 radical (unpaired) electrons. The van der Waals surface area contributed by atoms with E-state index >= 15 is 0 Å². The van der Waals surface area contributed by atoms with Crippen molar-refractivity contribution in [2.45, 2.75) is 0 Å². The second kappa shape index (κ2) is 9.42. The van der Waals surface area contributed by atoms with E-state index in [4.69, 9.17) is 9.85 Å². The van der Waals surface area contributed by atoms with Gasteiger partial charge >= 0.3 is 5.97 Å². The number of carboxylic acids is 1. The van der Waals surface area contributed by atoms with Gasteiger partial charge in [-0.25, -0.2) is 4.79 Å². The van der Waals surface area contributed by atoms with E-state index in [1.165, 1.54) is 0 Å². The van der Waals surface area contributed by atoms with Crippen LogP contribution in [0.15, 0.2) is 126 Å². The van der Waals surface area contributed by atoms with Gasteiger partial charge < -0.3 is 5.11 Å². The first-order valence-corrected chi connectivity index (χ1v) is 11.7. The highest BCUT2D eigenvalue weighted by molar-refractivity contribution is 7.87. The van der Waals surface area contributed by atoms with Gasteiger partial charge in [0, 0.05) is 27.6 Å². The van der Waals surface area contributed by atoms with Crippen LogP contribution < -0.4 is 15.9 Å². The fourth-order valence-corrected chi connectivity index (χ4v) is 7.15. The quantitative estimate of drug-likeness (QED) is 0.324. The van der Waals surface area contributed by atoms with E-state index in [2.05, 4.69) is 36.4 Å². The number of hydrogen-bond donors (Lipinski definition) is 1. The smallest absolute Gasteiger partial charge is 0.328 e. The molecule has 1 N–H and O–H groups in total. The molecule has 3 nitrogen and oxygen atoms in total. The molecule has 0 aliphatic carbocycles. The van der Waals surface area contributed by atoms with Gasteiger partial charge in [0.1, 0.15) is 0 Å². The Kier molecular flexibility index (Phi) is 6.26. The van der Waals surface area contributed by atoms with Crippen molar-refractivity contribution in [2.75, 3.05) is 0 Å². The van der Waals surface area contributed by atoms with Crippen molar-refractivity contribution < 1.29 is 9.90 Å². The average molecular weight is 423 g/mol. The Bertz CT molecular complexity index is 1150. The molecule has 0 fully saturated rings. The highest BCUT2D eigenvalue weighted by Gasteiger charge is 2.27. The molecule has 0 amide bonds. The van der Waals surface area contributed by atoms with Gasteiger partial charge in [-0.2, -0.15) is 0 Å². The third kappa shape index (κ3) is 4.42. The monoisotopic (exact) mass is 423 g/mol. The normalized spacial score (nSPS) is 11.4. The summed E-state index contributed by atoms with van der Waals surface area (Å²) in [6.45, 7) is 0. The van der Waals surface area contributed by atoms with E-state index in [0.29, 0.717) is 0 Å². The van der Waals surface area contributed by atoms with Gasteiger partial charge in [-0.15, -0.1) is 0 Å². The first-order valence-electron chi connectivity index (χ1n) is 9.99. The lowest BCUT2D eigenvalue weighted by Gasteiger charge is -2.27. The van der Waals surface area contributed by atoms with Crippen molar-refractivity contribution in [3.8, 4) is 0 Å². The summed E-state index contributed by atoms with van der Waals surface area (Å²) in [4.78, 5) is 11.1. The van der Waals surface area contributed by atoms with Crippen molar-refractivity contribution >= 4 is 40.7 Å². The minimum absolute atomic E-state index is 0.768. The molecule has 0 atom stereocenters. The number of rotatable bonds is 6. The SMILES string of the molecule is O=C(O)C=Cc1ccccc1N=P(c1ccccc1)(c1ccccc1)c1ccccc1. The van der Waals surface area contributed by atoms with E-state index < -0.39 is 13.0 Å². The molecule has 0 heterocycles. The molecule has 4 heteroatoms. The molecule has 0 aromatic heterocycles. The van der Waals surface area contributed by atoms with Crippen LogP contribution in [-0.2, 0) is 4.79 Å². The summed E-state index contributed by atoms with van der Waals surface area (Å²) in [5, 5.41) is 12.6. The van der Waals surface area contributed by atoms with Gasteiger partial charge in [0.25, 0.3) is 0 Å². The second-order valence-corrected chi connectivity index (χ2v) is 9.99. The van der Waals surface area contributed by atoms with Crippen molar-refractivity contribution in [3.05, 3.63) is 127 Å². The summed E-state index contributed by atoms with van der Waals surface area (Å²) in [6.07, 6.45) is 2.76. The first-order chi connectivity index (χ1) is 15.2. The average Bonchev–Trinajstić information content (AvgIpc) is 2.83. The highest BCUT2D eigenvalue weighted by atomic mass is 31.2. The number of carboxylic acid groups (broad SMARTS) is 1. The fourth-order valence-electron chi connectivity index (χ4n) is 3.59. The highest BCUT2D eigenvalue weighted by Crippen LogP contribution is 2.49. The summed E-state index contributed by atoms with van der Waals surface area (Å²) in [5.74, 6) is -0.981. The van der Waals surface area contributed by atoms with Gasteiger partial charge in [-0.3, -0.25) is 4.74 Å². The standard InChI is InChI=1S/C27H22NO2P/c29-27(30)21-20-22-12-10-11-19-26(22)28-31(23-13-4-1-5-14-23,24-15-6-2-7-16-24)25-17-8-3-9-18-25/h1-21H,(H,29,30). The van der Waals surface area contributed by atoms with Gasteiger partial charge in [0.05, 0.1) is 12.7 Å². The van der Waals surface area contributed by atoms with Crippen LogP contribution in [-0.4, -0.2) is 11.1 Å². The Morgan fingerprint density at radius 2 is 1.06 bits per heavy atom. The first kappa shape index (κ1) is 20.6. The molecule has 0 aliphatic heterocycles. The van der Waals surface area contributed by atoms with Gasteiger partial charge in [-0.05, 0) is 12.1 Å². The molecule has 0 spiro atoms. The van der Waals surface area contributed by atoms with Gasteiger partial charge in [0.2, 0.25) is 0 Å². The molecule has 0 aliphatic rings. The lowest BCUT2D eigenvalue weighted by molar-refractivity contribution is -0.131. The largest absolute Gasteiger partial charge is 0.478 e. The van der Waals surface area contributed by atoms with Crippen LogP contribution >= 0.6 is 7.05 Å². The zero-order valence-corrected chi connectivity index (χ0v) is 17.8. The molecule has 4 rings (SSSR count). The minimum Gasteiger partial charge on any atom is -0.478 e. The van der Waals surface area contributed by atoms with Crippen LogP contribution in [0.3, 0.4) is 0 Å². The number of hydrogen-bond acceptors (Lipinski definition) is 2. The van der Waals surface area contributed by atoms with E-state index in [1.807, 2.05) is 78.9 Å². The molecule has 0 saturated carbocycles. The van der Waals surface area contributed by atoms with Crippen molar-refractivity contribution in [1.82, 2.24) is 0 Å². The van der Waals surface area contributed by atoms with Crippen LogP contribution in [0.4, 0.5) is 5.69 Å². The Morgan fingerprint density at radius 3 is 1.52 bits per heavy atom. The maximum atomic E-state index is 11.1.